The number of nitrogens with zero attached hydrogens (tertiary/aromatic N) is 1. The fourth-order valence-corrected chi connectivity index (χ4v) is 1.71. The molecule has 0 atom stereocenters. The van der Waals surface area contributed by atoms with Crippen LogP contribution in [0.2, 0.25) is 0 Å². The van der Waals surface area contributed by atoms with Gasteiger partial charge in [-0.2, -0.15) is 0 Å². The number of aliphatic carboxylic acids is 1. The van der Waals surface area contributed by atoms with Gasteiger partial charge in [-0.05, 0) is 31.9 Å². The standard InChI is InChI=1S/C15H20N2O4/c1-11-7-9-12(10-8-11)17(2)15(21)16-13(18)5-3-4-6-14(19)20/h7-10H,3-6H2,1-2H3,(H,19,20)(H,16,18,21). The summed E-state index contributed by atoms with van der Waals surface area (Å²) in [5, 5.41) is 10.8. The maximum atomic E-state index is 11.9. The molecule has 0 saturated heterocycles. The van der Waals surface area contributed by atoms with E-state index in [2.05, 4.69) is 5.32 Å². The molecule has 6 nitrogen and oxygen atoms in total. The van der Waals surface area contributed by atoms with Gasteiger partial charge in [-0.25, -0.2) is 4.79 Å². The number of carboxylic acid groups (broad SMARTS) is 1. The Hall–Kier alpha value is -2.37. The monoisotopic (exact) mass is 292 g/mol. The minimum Gasteiger partial charge on any atom is -0.481 e. The third kappa shape index (κ3) is 6.07. The van der Waals surface area contributed by atoms with E-state index in [-0.39, 0.29) is 12.8 Å². The first-order chi connectivity index (χ1) is 9.90. The average molecular weight is 292 g/mol. The number of nitrogens with one attached hydrogen (secondary N) is 1. The number of urea groups is 1. The molecule has 0 aliphatic carbocycles. The van der Waals surface area contributed by atoms with Crippen LogP contribution in [0.4, 0.5) is 10.5 Å². The van der Waals surface area contributed by atoms with Gasteiger partial charge in [-0.3, -0.25) is 19.8 Å². The molecule has 0 fully saturated rings. The molecule has 0 saturated carbocycles. The Morgan fingerprint density at radius 1 is 1.10 bits per heavy atom. The summed E-state index contributed by atoms with van der Waals surface area (Å²) in [6.45, 7) is 1.95. The van der Waals surface area contributed by atoms with Crippen LogP contribution in [-0.4, -0.2) is 30.1 Å². The molecule has 0 radical (unpaired) electrons. The van der Waals surface area contributed by atoms with Gasteiger partial charge in [0, 0.05) is 25.6 Å². The molecule has 3 amide bonds. The van der Waals surface area contributed by atoms with Gasteiger partial charge in [0.05, 0.1) is 0 Å². The molecule has 0 aliphatic rings. The van der Waals surface area contributed by atoms with E-state index in [9.17, 15) is 14.4 Å². The molecule has 1 aromatic rings. The normalized spacial score (nSPS) is 10.0. The van der Waals surface area contributed by atoms with Crippen LogP contribution in [0.3, 0.4) is 0 Å². The number of aryl methyl sites for hydroxylation is 1. The smallest absolute Gasteiger partial charge is 0.328 e. The zero-order valence-electron chi connectivity index (χ0n) is 12.3. The molecule has 1 aromatic carbocycles. The molecular weight excluding hydrogens is 272 g/mol. The molecule has 6 heteroatoms. The first-order valence-corrected chi connectivity index (χ1v) is 6.76. The number of carboxylic acids is 1. The first kappa shape index (κ1) is 16.7. The molecule has 0 unspecified atom stereocenters. The van der Waals surface area contributed by atoms with Crippen molar-refractivity contribution in [3.8, 4) is 0 Å². The number of carbonyl (C=O) groups excluding carboxylic acids is 2. The van der Waals surface area contributed by atoms with E-state index in [1.54, 1.807) is 19.2 Å². The summed E-state index contributed by atoms with van der Waals surface area (Å²) in [6, 6.07) is 6.86. The molecule has 0 spiro atoms. The van der Waals surface area contributed by atoms with Crippen LogP contribution in [-0.2, 0) is 9.59 Å². The van der Waals surface area contributed by atoms with Crippen molar-refractivity contribution in [3.05, 3.63) is 29.8 Å². The molecule has 0 bridgehead atoms. The molecular formula is C15H20N2O4. The maximum Gasteiger partial charge on any atom is 0.328 e. The summed E-state index contributed by atoms with van der Waals surface area (Å²) in [4.78, 5) is 35.1. The number of hydrogen-bond donors (Lipinski definition) is 2. The predicted octanol–water partition coefficient (Wildman–Crippen LogP) is 2.31. The van der Waals surface area contributed by atoms with Crippen LogP contribution >= 0.6 is 0 Å². The highest BCUT2D eigenvalue weighted by Crippen LogP contribution is 2.13. The summed E-state index contributed by atoms with van der Waals surface area (Å²) in [7, 11) is 1.58. The summed E-state index contributed by atoms with van der Waals surface area (Å²) in [6.07, 6.45) is 1.04. The predicted molar refractivity (Wildman–Crippen MR) is 79.2 cm³/mol. The number of benzene rings is 1. The molecule has 0 aromatic heterocycles. The average Bonchev–Trinajstić information content (AvgIpc) is 2.43. The van der Waals surface area contributed by atoms with Crippen molar-refractivity contribution in [3.63, 3.8) is 0 Å². The van der Waals surface area contributed by atoms with Crippen LogP contribution in [0.25, 0.3) is 0 Å². The second-order valence-electron chi connectivity index (χ2n) is 4.85. The van der Waals surface area contributed by atoms with Crippen LogP contribution in [0.5, 0.6) is 0 Å². The van der Waals surface area contributed by atoms with Crippen LogP contribution in [0.15, 0.2) is 24.3 Å². The van der Waals surface area contributed by atoms with Gasteiger partial charge in [-0.1, -0.05) is 17.7 Å². The number of imide groups is 1. The summed E-state index contributed by atoms with van der Waals surface area (Å²) >= 11 is 0. The van der Waals surface area contributed by atoms with Crippen molar-refractivity contribution in [2.75, 3.05) is 11.9 Å². The fourth-order valence-electron chi connectivity index (χ4n) is 1.71. The number of amides is 3. The number of carbonyl (C=O) groups is 3. The van der Waals surface area contributed by atoms with Crippen molar-refractivity contribution in [2.24, 2.45) is 0 Å². The van der Waals surface area contributed by atoms with Crippen LogP contribution < -0.4 is 10.2 Å². The molecule has 0 heterocycles. The van der Waals surface area contributed by atoms with Gasteiger partial charge in [0.1, 0.15) is 0 Å². The summed E-state index contributed by atoms with van der Waals surface area (Å²) < 4.78 is 0. The quantitative estimate of drug-likeness (QED) is 0.788. The van der Waals surface area contributed by atoms with Gasteiger partial charge >= 0.3 is 12.0 Å². The number of anilines is 1. The minimum absolute atomic E-state index is 0.0322. The Kier molecular flexibility index (Phi) is 6.39. The first-order valence-electron chi connectivity index (χ1n) is 6.76. The van der Waals surface area contributed by atoms with E-state index in [1.165, 1.54) is 4.90 Å². The van der Waals surface area contributed by atoms with E-state index in [0.29, 0.717) is 18.5 Å². The Labute approximate surface area is 123 Å². The van der Waals surface area contributed by atoms with Crippen molar-refractivity contribution in [1.82, 2.24) is 5.32 Å². The lowest BCUT2D eigenvalue weighted by atomic mass is 10.2. The zero-order valence-corrected chi connectivity index (χ0v) is 12.3. The van der Waals surface area contributed by atoms with E-state index in [1.807, 2.05) is 19.1 Å². The fraction of sp³-hybridized carbons (Fsp3) is 0.400. The topological polar surface area (TPSA) is 86.7 Å². The summed E-state index contributed by atoms with van der Waals surface area (Å²) in [5.41, 5.74) is 1.78. The Balaban J connectivity index is 2.39. The zero-order chi connectivity index (χ0) is 15.8. The summed E-state index contributed by atoms with van der Waals surface area (Å²) in [5.74, 6) is -1.28. The van der Waals surface area contributed by atoms with Gasteiger partial charge < -0.3 is 5.11 Å². The third-order valence-corrected chi connectivity index (χ3v) is 3.02. The highest BCUT2D eigenvalue weighted by Gasteiger charge is 2.13. The molecule has 1 rings (SSSR count). The Morgan fingerprint density at radius 2 is 1.67 bits per heavy atom. The van der Waals surface area contributed by atoms with Gasteiger partial charge in [0.2, 0.25) is 5.91 Å². The molecule has 21 heavy (non-hydrogen) atoms. The van der Waals surface area contributed by atoms with Crippen molar-refractivity contribution in [1.29, 1.82) is 0 Å². The van der Waals surface area contributed by atoms with Crippen molar-refractivity contribution in [2.45, 2.75) is 32.6 Å². The number of rotatable bonds is 6. The lowest BCUT2D eigenvalue weighted by Gasteiger charge is -2.17. The SMILES string of the molecule is Cc1ccc(N(C)C(=O)NC(=O)CCCCC(=O)O)cc1. The van der Waals surface area contributed by atoms with E-state index in [0.717, 1.165) is 5.56 Å². The molecule has 2 N–H and O–H groups in total. The largest absolute Gasteiger partial charge is 0.481 e. The number of unbranched alkanes of at least 4 members (excludes halogenated alkanes) is 1. The van der Waals surface area contributed by atoms with Crippen molar-refractivity contribution >= 4 is 23.6 Å². The van der Waals surface area contributed by atoms with E-state index < -0.39 is 17.9 Å². The van der Waals surface area contributed by atoms with Crippen LogP contribution in [0, 0.1) is 6.92 Å². The van der Waals surface area contributed by atoms with Gasteiger partial charge in [-0.15, -0.1) is 0 Å². The second-order valence-corrected chi connectivity index (χ2v) is 4.85. The lowest BCUT2D eigenvalue weighted by Crippen LogP contribution is -2.40. The Morgan fingerprint density at radius 3 is 2.24 bits per heavy atom. The van der Waals surface area contributed by atoms with Crippen LogP contribution in [0.1, 0.15) is 31.2 Å². The second kappa shape index (κ2) is 8.04. The highest BCUT2D eigenvalue weighted by atomic mass is 16.4. The number of hydrogen-bond acceptors (Lipinski definition) is 3. The van der Waals surface area contributed by atoms with Gasteiger partial charge in [0.15, 0.2) is 0 Å². The Bertz CT molecular complexity index is 511. The van der Waals surface area contributed by atoms with E-state index in [4.69, 9.17) is 5.11 Å². The molecule has 114 valence electrons. The van der Waals surface area contributed by atoms with E-state index >= 15 is 0 Å². The highest BCUT2D eigenvalue weighted by molar-refractivity contribution is 6.02. The van der Waals surface area contributed by atoms with Gasteiger partial charge in [0.25, 0.3) is 0 Å². The third-order valence-electron chi connectivity index (χ3n) is 3.02. The molecule has 0 aliphatic heterocycles. The van der Waals surface area contributed by atoms with Crippen molar-refractivity contribution < 1.29 is 19.5 Å². The lowest BCUT2D eigenvalue weighted by molar-refractivity contribution is -0.137. The maximum absolute atomic E-state index is 11.9. The minimum atomic E-state index is -0.884.